The molecular weight excluding hydrogens is 249 g/mol. The third-order valence-electron chi connectivity index (χ3n) is 2.61. The molecule has 0 bridgehead atoms. The summed E-state index contributed by atoms with van der Waals surface area (Å²) in [5.41, 5.74) is 1.01. The molecule has 1 unspecified atom stereocenters. The summed E-state index contributed by atoms with van der Waals surface area (Å²) in [6, 6.07) is 8.73. The van der Waals surface area contributed by atoms with Gasteiger partial charge in [0.05, 0.1) is 30.1 Å². The Morgan fingerprint density at radius 2 is 2.32 bits per heavy atom. The third-order valence-corrected chi connectivity index (χ3v) is 2.61. The zero-order valence-corrected chi connectivity index (χ0v) is 10.3. The minimum atomic E-state index is -1.99. The van der Waals surface area contributed by atoms with Gasteiger partial charge in [-0.05, 0) is 19.1 Å². The number of nitriles is 1. The number of para-hydroxylation sites is 2. The van der Waals surface area contributed by atoms with Crippen molar-refractivity contribution in [2.45, 2.75) is 19.6 Å². The fourth-order valence-corrected chi connectivity index (χ4v) is 1.86. The topological polar surface area (TPSA) is 67.9 Å². The van der Waals surface area contributed by atoms with Crippen molar-refractivity contribution in [3.63, 3.8) is 0 Å². The minimum Gasteiger partial charge on any atom is -0.462 e. The summed E-state index contributed by atoms with van der Waals surface area (Å²) >= 11 is 0. The summed E-state index contributed by atoms with van der Waals surface area (Å²) in [5.74, 6) is -0.769. The van der Waals surface area contributed by atoms with Crippen molar-refractivity contribution in [3.05, 3.63) is 30.1 Å². The van der Waals surface area contributed by atoms with Crippen LogP contribution >= 0.6 is 0 Å². The van der Waals surface area contributed by atoms with Crippen molar-refractivity contribution in [1.29, 1.82) is 5.26 Å². The van der Waals surface area contributed by atoms with Crippen molar-refractivity contribution in [2.24, 2.45) is 0 Å². The van der Waals surface area contributed by atoms with Gasteiger partial charge >= 0.3 is 5.97 Å². The van der Waals surface area contributed by atoms with E-state index in [2.05, 4.69) is 9.72 Å². The highest BCUT2D eigenvalue weighted by atomic mass is 19.1. The molecule has 0 aliphatic heterocycles. The van der Waals surface area contributed by atoms with Crippen molar-refractivity contribution in [2.75, 3.05) is 6.61 Å². The first-order valence-corrected chi connectivity index (χ1v) is 5.82. The first kappa shape index (κ1) is 13.0. The molecule has 0 fully saturated rings. The molecule has 1 atom stereocenters. The lowest BCUT2D eigenvalue weighted by atomic mass is 10.3. The second kappa shape index (κ2) is 5.48. The van der Waals surface area contributed by atoms with Gasteiger partial charge < -0.3 is 4.74 Å². The Bertz CT molecular complexity index is 645. The van der Waals surface area contributed by atoms with Crippen molar-refractivity contribution >= 4 is 17.0 Å². The fraction of sp³-hybridized carbons (Fsp3) is 0.308. The Morgan fingerprint density at radius 3 is 3.00 bits per heavy atom. The monoisotopic (exact) mass is 261 g/mol. The Labute approximate surface area is 109 Å². The maximum atomic E-state index is 14.2. The van der Waals surface area contributed by atoms with E-state index in [0.717, 1.165) is 4.57 Å². The summed E-state index contributed by atoms with van der Waals surface area (Å²) in [4.78, 5) is 15.7. The average Bonchev–Trinajstić information content (AvgIpc) is 2.76. The van der Waals surface area contributed by atoms with Gasteiger partial charge in [-0.3, -0.25) is 4.57 Å². The first-order valence-electron chi connectivity index (χ1n) is 5.82. The molecule has 0 amide bonds. The maximum Gasteiger partial charge on any atom is 0.362 e. The third kappa shape index (κ3) is 2.40. The molecule has 6 heteroatoms. The lowest BCUT2D eigenvalue weighted by Gasteiger charge is -2.12. The quantitative estimate of drug-likeness (QED) is 0.791. The molecule has 98 valence electrons. The molecule has 2 rings (SSSR count). The summed E-state index contributed by atoms with van der Waals surface area (Å²) in [5, 5.41) is 8.75. The number of fused-ring (bicyclic) bond motifs is 1. The molecule has 2 aromatic rings. The van der Waals surface area contributed by atoms with Crippen LogP contribution < -0.4 is 0 Å². The van der Waals surface area contributed by atoms with Crippen LogP contribution in [0.3, 0.4) is 0 Å². The molecular formula is C13H12FN3O2. The SMILES string of the molecule is CCOC(=O)C(F)n1c(CC#N)nc2ccccc21. The van der Waals surface area contributed by atoms with Crippen molar-refractivity contribution < 1.29 is 13.9 Å². The van der Waals surface area contributed by atoms with Gasteiger partial charge in [0.15, 0.2) is 0 Å². The highest BCUT2D eigenvalue weighted by Crippen LogP contribution is 2.23. The molecule has 1 aromatic heterocycles. The normalized spacial score (nSPS) is 12.1. The van der Waals surface area contributed by atoms with E-state index < -0.39 is 12.3 Å². The number of alkyl halides is 1. The number of rotatable bonds is 4. The van der Waals surface area contributed by atoms with Gasteiger partial charge in [-0.25, -0.2) is 14.2 Å². The van der Waals surface area contributed by atoms with Crippen molar-refractivity contribution in [1.82, 2.24) is 9.55 Å². The smallest absolute Gasteiger partial charge is 0.362 e. The number of imidazole rings is 1. The summed E-state index contributed by atoms with van der Waals surface area (Å²) < 4.78 is 20.0. The maximum absolute atomic E-state index is 14.2. The largest absolute Gasteiger partial charge is 0.462 e. The number of benzene rings is 1. The molecule has 1 aromatic carbocycles. The molecule has 0 radical (unpaired) electrons. The number of carbonyl (C=O) groups is 1. The van der Waals surface area contributed by atoms with E-state index in [-0.39, 0.29) is 18.9 Å². The standard InChI is InChI=1S/C13H12FN3O2/c1-2-19-13(18)12(14)17-10-6-4-3-5-9(10)16-11(17)7-8-15/h3-6,12H,2,7H2,1H3. The van der Waals surface area contributed by atoms with Gasteiger partial charge in [-0.1, -0.05) is 12.1 Å². The highest BCUT2D eigenvalue weighted by Gasteiger charge is 2.25. The van der Waals surface area contributed by atoms with Crippen LogP contribution in [0.5, 0.6) is 0 Å². The van der Waals surface area contributed by atoms with E-state index in [4.69, 9.17) is 5.26 Å². The van der Waals surface area contributed by atoms with E-state index in [1.165, 1.54) is 0 Å². The minimum absolute atomic E-state index is 0.0749. The number of nitrogens with zero attached hydrogens (tertiary/aromatic N) is 3. The molecule has 0 spiro atoms. The van der Waals surface area contributed by atoms with Crippen LogP contribution in [0.4, 0.5) is 4.39 Å². The van der Waals surface area contributed by atoms with Crippen LogP contribution in [0.1, 0.15) is 19.0 Å². The van der Waals surface area contributed by atoms with Crippen LogP contribution in [-0.2, 0) is 16.0 Å². The van der Waals surface area contributed by atoms with Gasteiger partial charge in [0.25, 0.3) is 6.30 Å². The van der Waals surface area contributed by atoms with E-state index in [1.54, 1.807) is 31.2 Å². The summed E-state index contributed by atoms with van der Waals surface area (Å²) in [6.45, 7) is 1.70. The molecule has 0 saturated heterocycles. The Kier molecular flexibility index (Phi) is 3.76. The Hall–Kier alpha value is -2.42. The van der Waals surface area contributed by atoms with Gasteiger partial charge in [0, 0.05) is 0 Å². The molecule has 5 nitrogen and oxygen atoms in total. The number of ether oxygens (including phenoxy) is 1. The van der Waals surface area contributed by atoms with E-state index in [9.17, 15) is 9.18 Å². The summed E-state index contributed by atoms with van der Waals surface area (Å²) in [7, 11) is 0. The highest BCUT2D eigenvalue weighted by molar-refractivity contribution is 5.80. The summed E-state index contributed by atoms with van der Waals surface area (Å²) in [6.07, 6.45) is -2.06. The second-order valence-electron chi connectivity index (χ2n) is 3.81. The predicted octanol–water partition coefficient (Wildman–Crippen LogP) is 2.13. The lowest BCUT2D eigenvalue weighted by Crippen LogP contribution is -2.19. The van der Waals surface area contributed by atoms with Crippen LogP contribution in [0, 0.1) is 11.3 Å². The molecule has 0 aliphatic carbocycles. The molecule has 0 N–H and O–H groups in total. The van der Waals surface area contributed by atoms with Crippen LogP contribution in [0.25, 0.3) is 11.0 Å². The van der Waals surface area contributed by atoms with Gasteiger partial charge in [0.1, 0.15) is 5.82 Å². The molecule has 19 heavy (non-hydrogen) atoms. The zero-order chi connectivity index (χ0) is 13.8. The van der Waals surface area contributed by atoms with Gasteiger partial charge in [0.2, 0.25) is 0 Å². The van der Waals surface area contributed by atoms with E-state index in [0.29, 0.717) is 11.0 Å². The van der Waals surface area contributed by atoms with Crippen LogP contribution in [-0.4, -0.2) is 22.1 Å². The van der Waals surface area contributed by atoms with E-state index >= 15 is 0 Å². The predicted molar refractivity (Wildman–Crippen MR) is 65.8 cm³/mol. The number of esters is 1. The Balaban J connectivity index is 2.53. The number of halogens is 1. The van der Waals surface area contributed by atoms with Crippen LogP contribution in [0.2, 0.25) is 0 Å². The zero-order valence-electron chi connectivity index (χ0n) is 10.3. The first-order chi connectivity index (χ1) is 9.19. The number of hydrogen-bond acceptors (Lipinski definition) is 4. The molecule has 0 aliphatic rings. The second-order valence-corrected chi connectivity index (χ2v) is 3.81. The van der Waals surface area contributed by atoms with Crippen LogP contribution in [0.15, 0.2) is 24.3 Å². The number of carbonyl (C=O) groups excluding carboxylic acids is 1. The molecule has 1 heterocycles. The number of aromatic nitrogens is 2. The Morgan fingerprint density at radius 1 is 1.58 bits per heavy atom. The number of hydrogen-bond donors (Lipinski definition) is 0. The fourth-order valence-electron chi connectivity index (χ4n) is 1.86. The molecule has 0 saturated carbocycles. The lowest BCUT2D eigenvalue weighted by molar-refractivity contribution is -0.152. The average molecular weight is 261 g/mol. The van der Waals surface area contributed by atoms with Gasteiger partial charge in [-0.2, -0.15) is 5.26 Å². The van der Waals surface area contributed by atoms with E-state index in [1.807, 2.05) is 6.07 Å². The van der Waals surface area contributed by atoms with Crippen molar-refractivity contribution in [3.8, 4) is 6.07 Å². The van der Waals surface area contributed by atoms with Gasteiger partial charge in [-0.15, -0.1) is 0 Å².